The van der Waals surface area contributed by atoms with Gasteiger partial charge >= 0.3 is 6.18 Å². The zero-order chi connectivity index (χ0) is 18.9. The van der Waals surface area contributed by atoms with E-state index in [9.17, 15) is 22.8 Å². The number of carbonyl (C=O) groups excluding carboxylic acids is 2. The van der Waals surface area contributed by atoms with Gasteiger partial charge in [0.25, 0.3) is 0 Å². The predicted octanol–water partition coefficient (Wildman–Crippen LogP) is 2.13. The Kier molecular flexibility index (Phi) is 5.11. The summed E-state index contributed by atoms with van der Waals surface area (Å²) in [7, 11) is 0. The molecule has 1 aromatic carbocycles. The van der Waals surface area contributed by atoms with Crippen LogP contribution in [0.2, 0.25) is 0 Å². The molecule has 2 fully saturated rings. The van der Waals surface area contributed by atoms with Crippen LogP contribution in [0.15, 0.2) is 24.3 Å². The summed E-state index contributed by atoms with van der Waals surface area (Å²) in [6.07, 6.45) is -3.50. The Balaban J connectivity index is 1.49. The van der Waals surface area contributed by atoms with E-state index in [1.54, 1.807) is 11.0 Å². The van der Waals surface area contributed by atoms with Gasteiger partial charge in [0.15, 0.2) is 0 Å². The maximum Gasteiger partial charge on any atom is 0.416 e. The van der Waals surface area contributed by atoms with E-state index >= 15 is 0 Å². The first-order chi connectivity index (χ1) is 12.3. The van der Waals surface area contributed by atoms with Gasteiger partial charge in [0.1, 0.15) is 0 Å². The normalized spacial score (nSPS) is 22.9. The van der Waals surface area contributed by atoms with Gasteiger partial charge in [0.05, 0.1) is 12.1 Å². The predicted molar refractivity (Wildman–Crippen MR) is 90.5 cm³/mol. The summed E-state index contributed by atoms with van der Waals surface area (Å²) in [5, 5.41) is 2.67. The average molecular weight is 369 g/mol. The molecular formula is C18H22F3N3O2. The molecule has 0 aromatic heterocycles. The van der Waals surface area contributed by atoms with Crippen LogP contribution < -0.4 is 10.2 Å². The van der Waals surface area contributed by atoms with Gasteiger partial charge in [0.2, 0.25) is 11.8 Å². The number of nitrogens with zero attached hydrogens (tertiary/aromatic N) is 2. The van der Waals surface area contributed by atoms with Gasteiger partial charge in [-0.2, -0.15) is 13.2 Å². The number of anilines is 1. The minimum Gasteiger partial charge on any atom is -0.368 e. The minimum atomic E-state index is -4.37. The Bertz CT molecular complexity index is 685. The van der Waals surface area contributed by atoms with Crippen molar-refractivity contribution in [3.63, 3.8) is 0 Å². The lowest BCUT2D eigenvalue weighted by Gasteiger charge is -2.36. The highest BCUT2D eigenvalue weighted by atomic mass is 19.4. The lowest BCUT2D eigenvalue weighted by atomic mass is 10.1. The number of alkyl halides is 3. The van der Waals surface area contributed by atoms with Crippen molar-refractivity contribution < 1.29 is 22.8 Å². The van der Waals surface area contributed by atoms with Gasteiger partial charge in [-0.05, 0) is 30.5 Å². The molecule has 0 bridgehead atoms. The fourth-order valence-electron chi connectivity index (χ4n) is 3.19. The molecule has 5 nitrogen and oxygen atoms in total. The highest BCUT2D eigenvalue weighted by Crippen LogP contribution is 2.37. The monoisotopic (exact) mass is 369 g/mol. The number of halogens is 3. The fraction of sp³-hybridized carbons (Fsp3) is 0.556. The number of piperazine rings is 1. The molecule has 1 N–H and O–H groups in total. The van der Waals surface area contributed by atoms with Crippen LogP contribution in [0.25, 0.3) is 0 Å². The van der Waals surface area contributed by atoms with Crippen molar-refractivity contribution in [1.29, 1.82) is 0 Å². The summed E-state index contributed by atoms with van der Waals surface area (Å²) in [4.78, 5) is 27.4. The van der Waals surface area contributed by atoms with E-state index in [1.165, 1.54) is 6.07 Å². The Morgan fingerprint density at radius 1 is 1.19 bits per heavy atom. The van der Waals surface area contributed by atoms with Gasteiger partial charge in [-0.1, -0.05) is 13.0 Å². The second-order valence-electron chi connectivity index (χ2n) is 6.95. The first kappa shape index (κ1) is 18.5. The quantitative estimate of drug-likeness (QED) is 0.885. The zero-order valence-corrected chi connectivity index (χ0v) is 14.6. The minimum absolute atomic E-state index is 0.0222. The second kappa shape index (κ2) is 7.17. The lowest BCUT2D eigenvalue weighted by Crippen LogP contribution is -2.51. The third-order valence-corrected chi connectivity index (χ3v) is 5.03. The van der Waals surface area contributed by atoms with E-state index in [2.05, 4.69) is 5.32 Å². The molecule has 2 atom stereocenters. The van der Waals surface area contributed by atoms with Crippen molar-refractivity contribution in [3.8, 4) is 0 Å². The number of nitrogens with one attached hydrogen (secondary N) is 1. The average Bonchev–Trinajstić information content (AvgIpc) is 3.36. The van der Waals surface area contributed by atoms with Gasteiger partial charge in [-0.15, -0.1) is 0 Å². The Hall–Kier alpha value is -2.25. The number of amides is 2. The van der Waals surface area contributed by atoms with Crippen LogP contribution in [-0.2, 0) is 15.8 Å². The van der Waals surface area contributed by atoms with Crippen LogP contribution in [-0.4, -0.2) is 49.4 Å². The van der Waals surface area contributed by atoms with E-state index in [-0.39, 0.29) is 24.3 Å². The molecule has 1 saturated carbocycles. The molecule has 1 aliphatic heterocycles. The van der Waals surface area contributed by atoms with Gasteiger partial charge in [-0.3, -0.25) is 9.59 Å². The third kappa shape index (κ3) is 4.28. The summed E-state index contributed by atoms with van der Waals surface area (Å²) in [6, 6.07) is 5.22. The number of hydrogen-bond donors (Lipinski definition) is 1. The van der Waals surface area contributed by atoms with Crippen LogP contribution in [0.1, 0.15) is 18.9 Å². The van der Waals surface area contributed by atoms with Gasteiger partial charge in [-0.25, -0.2) is 0 Å². The molecule has 26 heavy (non-hydrogen) atoms. The molecule has 0 unspecified atom stereocenters. The number of benzene rings is 1. The van der Waals surface area contributed by atoms with Crippen molar-refractivity contribution in [3.05, 3.63) is 29.8 Å². The highest BCUT2D eigenvalue weighted by molar-refractivity contribution is 5.87. The standard InChI is InChI=1S/C18H22F3N3O2/c1-12-9-15(12)17(26)22-11-16(25)24-7-5-23(6-8-24)14-4-2-3-13(10-14)18(19,20)21/h2-4,10,12,15H,5-9,11H2,1H3,(H,22,26)/t12-,15-/m1/s1. The molecule has 3 rings (SSSR count). The summed E-state index contributed by atoms with van der Waals surface area (Å²) < 4.78 is 38.5. The third-order valence-electron chi connectivity index (χ3n) is 5.03. The summed E-state index contributed by atoms with van der Waals surface area (Å²) >= 11 is 0. The van der Waals surface area contributed by atoms with Crippen molar-refractivity contribution >= 4 is 17.5 Å². The highest BCUT2D eigenvalue weighted by Gasteiger charge is 2.39. The molecule has 0 spiro atoms. The fourth-order valence-corrected chi connectivity index (χ4v) is 3.19. The molecule has 142 valence electrons. The lowest BCUT2D eigenvalue weighted by molar-refractivity contribution is -0.137. The molecule has 2 amide bonds. The van der Waals surface area contributed by atoms with E-state index in [0.29, 0.717) is 37.8 Å². The van der Waals surface area contributed by atoms with Crippen molar-refractivity contribution in [2.24, 2.45) is 11.8 Å². The Morgan fingerprint density at radius 2 is 1.85 bits per heavy atom. The Labute approximate surface area is 150 Å². The molecule has 1 saturated heterocycles. The van der Waals surface area contributed by atoms with E-state index in [0.717, 1.165) is 18.6 Å². The molecule has 8 heteroatoms. The second-order valence-corrected chi connectivity index (χ2v) is 6.95. The van der Waals surface area contributed by atoms with Gasteiger partial charge in [0, 0.05) is 37.8 Å². The van der Waals surface area contributed by atoms with Crippen LogP contribution in [0.3, 0.4) is 0 Å². The van der Waals surface area contributed by atoms with Crippen LogP contribution in [0, 0.1) is 11.8 Å². The summed E-state index contributed by atoms with van der Waals surface area (Å²) in [6.45, 7) is 3.74. The zero-order valence-electron chi connectivity index (χ0n) is 14.6. The smallest absolute Gasteiger partial charge is 0.368 e. The van der Waals surface area contributed by atoms with Crippen molar-refractivity contribution in [2.45, 2.75) is 19.5 Å². The first-order valence-corrected chi connectivity index (χ1v) is 8.73. The SMILES string of the molecule is C[C@@H]1C[C@H]1C(=O)NCC(=O)N1CCN(c2cccc(C(F)(F)F)c2)CC1. The van der Waals surface area contributed by atoms with Crippen LogP contribution in [0.4, 0.5) is 18.9 Å². The maximum absolute atomic E-state index is 12.8. The summed E-state index contributed by atoms with van der Waals surface area (Å²) in [5.74, 6) is 0.186. The number of rotatable bonds is 4. The van der Waals surface area contributed by atoms with Crippen molar-refractivity contribution in [2.75, 3.05) is 37.6 Å². The molecule has 2 aliphatic rings. The first-order valence-electron chi connectivity index (χ1n) is 8.73. The largest absolute Gasteiger partial charge is 0.416 e. The number of hydrogen-bond acceptors (Lipinski definition) is 3. The molecular weight excluding hydrogens is 347 g/mol. The van der Waals surface area contributed by atoms with E-state index in [1.807, 2.05) is 11.8 Å². The van der Waals surface area contributed by atoms with Crippen LogP contribution in [0.5, 0.6) is 0 Å². The van der Waals surface area contributed by atoms with Crippen LogP contribution >= 0.6 is 0 Å². The Morgan fingerprint density at radius 3 is 2.42 bits per heavy atom. The maximum atomic E-state index is 12.8. The van der Waals surface area contributed by atoms with Crippen molar-refractivity contribution in [1.82, 2.24) is 10.2 Å². The van der Waals surface area contributed by atoms with E-state index in [4.69, 9.17) is 0 Å². The summed E-state index contributed by atoms with van der Waals surface area (Å²) in [5.41, 5.74) is -0.173. The molecule has 1 heterocycles. The topological polar surface area (TPSA) is 52.7 Å². The molecule has 1 aromatic rings. The molecule has 1 aliphatic carbocycles. The molecule has 0 radical (unpaired) electrons. The number of carbonyl (C=O) groups is 2. The van der Waals surface area contributed by atoms with Gasteiger partial charge < -0.3 is 15.1 Å². The van der Waals surface area contributed by atoms with E-state index < -0.39 is 11.7 Å².